The van der Waals surface area contributed by atoms with Crippen LogP contribution in [-0.4, -0.2) is 37.5 Å². The molecule has 0 atom stereocenters. The third-order valence-corrected chi connectivity index (χ3v) is 2.09. The summed E-state index contributed by atoms with van der Waals surface area (Å²) in [6.07, 6.45) is 1.40. The Hall–Kier alpha value is -0.430. The van der Waals surface area contributed by atoms with Gasteiger partial charge in [-0.2, -0.15) is 12.7 Å². The van der Waals surface area contributed by atoms with E-state index in [2.05, 4.69) is 6.58 Å². The fraction of sp³-hybridized carbons (Fsp3) is 0.600. The van der Waals surface area contributed by atoms with Crippen LogP contribution in [-0.2, 0) is 10.2 Å². The molecular formula is C5H12N2O3S. The van der Waals surface area contributed by atoms with E-state index in [4.69, 9.17) is 10.2 Å². The minimum absolute atomic E-state index is 0.00481. The van der Waals surface area contributed by atoms with E-state index < -0.39 is 10.2 Å². The Morgan fingerprint density at radius 3 is 2.45 bits per heavy atom. The fourth-order valence-electron chi connectivity index (χ4n) is 0.578. The van der Waals surface area contributed by atoms with E-state index in [0.29, 0.717) is 0 Å². The Morgan fingerprint density at radius 2 is 2.18 bits per heavy atom. The molecule has 0 aromatic carbocycles. The van der Waals surface area contributed by atoms with Gasteiger partial charge >= 0.3 is 0 Å². The Bertz CT molecular complexity index is 212. The minimum Gasteiger partial charge on any atom is -0.395 e. The minimum atomic E-state index is -3.69. The van der Waals surface area contributed by atoms with Crippen molar-refractivity contribution >= 4 is 10.2 Å². The molecule has 0 aliphatic rings. The topological polar surface area (TPSA) is 83.6 Å². The monoisotopic (exact) mass is 180 g/mol. The molecule has 0 saturated heterocycles. The van der Waals surface area contributed by atoms with Gasteiger partial charge in [0.2, 0.25) is 0 Å². The molecule has 11 heavy (non-hydrogen) atoms. The van der Waals surface area contributed by atoms with Crippen molar-refractivity contribution in [2.75, 3.05) is 19.7 Å². The van der Waals surface area contributed by atoms with E-state index >= 15 is 0 Å². The van der Waals surface area contributed by atoms with E-state index in [-0.39, 0.29) is 19.7 Å². The Morgan fingerprint density at radius 1 is 1.64 bits per heavy atom. The van der Waals surface area contributed by atoms with Crippen LogP contribution in [0.1, 0.15) is 0 Å². The van der Waals surface area contributed by atoms with Crippen LogP contribution in [0, 0.1) is 0 Å². The van der Waals surface area contributed by atoms with E-state index in [9.17, 15) is 8.42 Å². The van der Waals surface area contributed by atoms with E-state index in [1.807, 2.05) is 0 Å². The zero-order valence-corrected chi connectivity index (χ0v) is 6.92. The quantitative estimate of drug-likeness (QED) is 0.514. The van der Waals surface area contributed by atoms with E-state index in [1.54, 1.807) is 0 Å². The first-order valence-corrected chi connectivity index (χ1v) is 4.52. The van der Waals surface area contributed by atoms with Crippen LogP contribution in [0.4, 0.5) is 0 Å². The molecule has 0 amide bonds. The highest BCUT2D eigenvalue weighted by atomic mass is 32.2. The lowest BCUT2D eigenvalue weighted by atomic mass is 10.6. The first-order chi connectivity index (χ1) is 5.02. The maximum Gasteiger partial charge on any atom is 0.277 e. The summed E-state index contributed by atoms with van der Waals surface area (Å²) < 4.78 is 22.2. The second-order valence-corrected chi connectivity index (χ2v) is 3.46. The van der Waals surface area contributed by atoms with Crippen LogP contribution >= 0.6 is 0 Å². The third kappa shape index (κ3) is 4.10. The van der Waals surface area contributed by atoms with Crippen LogP contribution in [0.5, 0.6) is 0 Å². The molecule has 66 valence electrons. The van der Waals surface area contributed by atoms with Gasteiger partial charge in [0.05, 0.1) is 6.61 Å². The normalized spacial score (nSPS) is 11.9. The molecule has 5 nitrogen and oxygen atoms in total. The number of hydrogen-bond donors (Lipinski definition) is 2. The first kappa shape index (κ1) is 10.6. The lowest BCUT2D eigenvalue weighted by Crippen LogP contribution is -2.38. The molecule has 0 unspecified atom stereocenters. The highest BCUT2D eigenvalue weighted by Gasteiger charge is 2.13. The fourth-order valence-corrected chi connectivity index (χ4v) is 1.23. The van der Waals surface area contributed by atoms with Crippen LogP contribution in [0.15, 0.2) is 12.7 Å². The summed E-state index contributed by atoms with van der Waals surface area (Å²) in [5.74, 6) is 0. The van der Waals surface area contributed by atoms with Gasteiger partial charge in [-0.05, 0) is 0 Å². The van der Waals surface area contributed by atoms with Crippen LogP contribution in [0.3, 0.4) is 0 Å². The molecule has 0 aromatic heterocycles. The molecule has 0 fully saturated rings. The molecule has 0 heterocycles. The second-order valence-electron chi connectivity index (χ2n) is 1.92. The van der Waals surface area contributed by atoms with Crippen molar-refractivity contribution in [2.24, 2.45) is 5.14 Å². The molecule has 0 saturated carbocycles. The molecular weight excluding hydrogens is 168 g/mol. The lowest BCUT2D eigenvalue weighted by molar-refractivity contribution is 0.260. The molecule has 3 N–H and O–H groups in total. The van der Waals surface area contributed by atoms with Crippen LogP contribution in [0.25, 0.3) is 0 Å². The average Bonchev–Trinajstić information content (AvgIpc) is 1.85. The summed E-state index contributed by atoms with van der Waals surface area (Å²) in [6, 6.07) is 0. The van der Waals surface area contributed by atoms with Gasteiger partial charge in [-0.25, -0.2) is 5.14 Å². The van der Waals surface area contributed by atoms with Crippen molar-refractivity contribution in [2.45, 2.75) is 0 Å². The summed E-state index contributed by atoms with van der Waals surface area (Å²) in [7, 11) is -3.69. The van der Waals surface area contributed by atoms with Gasteiger partial charge < -0.3 is 5.11 Å². The predicted octanol–water partition coefficient (Wildman–Crippen LogP) is -1.33. The molecule has 0 spiro atoms. The lowest BCUT2D eigenvalue weighted by Gasteiger charge is -2.15. The van der Waals surface area contributed by atoms with E-state index in [1.165, 1.54) is 6.08 Å². The highest BCUT2D eigenvalue weighted by Crippen LogP contribution is 1.92. The predicted molar refractivity (Wildman–Crippen MR) is 42.0 cm³/mol. The number of nitrogens with zero attached hydrogens (tertiary/aromatic N) is 1. The van der Waals surface area contributed by atoms with Crippen LogP contribution < -0.4 is 5.14 Å². The van der Waals surface area contributed by atoms with Crippen molar-refractivity contribution in [1.82, 2.24) is 4.31 Å². The van der Waals surface area contributed by atoms with Crippen molar-refractivity contribution in [3.05, 3.63) is 12.7 Å². The Labute approximate surface area is 66.3 Å². The van der Waals surface area contributed by atoms with Gasteiger partial charge in [0.25, 0.3) is 10.2 Å². The number of aliphatic hydroxyl groups is 1. The Kier molecular flexibility index (Phi) is 4.27. The SMILES string of the molecule is C=CCN(CCO)S(N)(=O)=O. The maximum absolute atomic E-state index is 10.7. The summed E-state index contributed by atoms with van der Waals surface area (Å²) in [6.45, 7) is 3.24. The number of nitrogens with two attached hydrogens (primary N) is 1. The largest absolute Gasteiger partial charge is 0.395 e. The van der Waals surface area contributed by atoms with Gasteiger partial charge in [0, 0.05) is 13.1 Å². The van der Waals surface area contributed by atoms with Gasteiger partial charge in [0.15, 0.2) is 0 Å². The number of hydrogen-bond acceptors (Lipinski definition) is 3. The Balaban J connectivity index is 4.21. The van der Waals surface area contributed by atoms with Gasteiger partial charge in [0.1, 0.15) is 0 Å². The summed E-state index contributed by atoms with van der Waals surface area (Å²) >= 11 is 0. The van der Waals surface area contributed by atoms with Crippen LogP contribution in [0.2, 0.25) is 0 Å². The highest BCUT2D eigenvalue weighted by molar-refractivity contribution is 7.86. The molecule has 0 radical (unpaired) electrons. The number of rotatable bonds is 5. The second kappa shape index (κ2) is 4.45. The summed E-state index contributed by atoms with van der Waals surface area (Å²) in [5.41, 5.74) is 0. The number of aliphatic hydroxyl groups excluding tert-OH is 1. The van der Waals surface area contributed by atoms with Gasteiger partial charge in [-0.3, -0.25) is 0 Å². The van der Waals surface area contributed by atoms with Crippen molar-refractivity contribution in [3.63, 3.8) is 0 Å². The zero-order chi connectivity index (χ0) is 8.91. The smallest absolute Gasteiger partial charge is 0.277 e. The van der Waals surface area contributed by atoms with Crippen molar-refractivity contribution in [1.29, 1.82) is 0 Å². The maximum atomic E-state index is 10.7. The third-order valence-electron chi connectivity index (χ3n) is 1.04. The average molecular weight is 180 g/mol. The summed E-state index contributed by atoms with van der Waals surface area (Å²) in [5, 5.41) is 13.2. The summed E-state index contributed by atoms with van der Waals surface area (Å²) in [4.78, 5) is 0. The first-order valence-electron chi connectivity index (χ1n) is 3.02. The standard InChI is InChI=1S/C5H12N2O3S/c1-2-3-7(4-5-8)11(6,9)10/h2,8H,1,3-5H2,(H2,6,9,10). The molecule has 0 aliphatic carbocycles. The van der Waals surface area contributed by atoms with Gasteiger partial charge in [-0.15, -0.1) is 6.58 Å². The van der Waals surface area contributed by atoms with Gasteiger partial charge in [-0.1, -0.05) is 6.08 Å². The molecule has 0 bridgehead atoms. The molecule has 0 aromatic rings. The molecule has 6 heteroatoms. The van der Waals surface area contributed by atoms with Crippen molar-refractivity contribution < 1.29 is 13.5 Å². The van der Waals surface area contributed by atoms with Crippen molar-refractivity contribution in [3.8, 4) is 0 Å². The molecule has 0 aliphatic heterocycles. The zero-order valence-electron chi connectivity index (χ0n) is 6.10. The van der Waals surface area contributed by atoms with E-state index in [0.717, 1.165) is 4.31 Å². The molecule has 0 rings (SSSR count).